The zero-order valence-electron chi connectivity index (χ0n) is 29.2. The van der Waals surface area contributed by atoms with Gasteiger partial charge in [0.25, 0.3) is 7.82 Å². The zero-order chi connectivity index (χ0) is 34.4. The first-order valence-electron chi connectivity index (χ1n) is 16.9. The Balaban J connectivity index is 4.81. The third kappa shape index (κ3) is 30.3. The maximum absolute atomic E-state index is 12.6. The lowest BCUT2D eigenvalue weighted by Crippen LogP contribution is -2.45. The molecule has 0 bridgehead atoms. The molecule has 0 saturated heterocycles. The van der Waals surface area contributed by atoms with Gasteiger partial charge in [-0.3, -0.25) is 9.36 Å². The number of rotatable bonds is 28. The fourth-order valence-corrected chi connectivity index (χ4v) is 4.60. The molecule has 262 valence electrons. The van der Waals surface area contributed by atoms with Crippen molar-refractivity contribution in [2.75, 3.05) is 40.9 Å². The summed E-state index contributed by atoms with van der Waals surface area (Å²) < 4.78 is 22.9. The van der Waals surface area contributed by atoms with Crippen LogP contribution in [0.15, 0.2) is 85.1 Å². The highest BCUT2D eigenvalue weighted by atomic mass is 31.2. The quantitative estimate of drug-likeness (QED) is 0.0386. The van der Waals surface area contributed by atoms with E-state index in [1.54, 1.807) is 12.2 Å². The number of phosphoric acid groups is 1. The number of allylic oxidation sites excluding steroid dienone is 12. The molecule has 0 spiro atoms. The molecular formula is C37H63N2O6P. The van der Waals surface area contributed by atoms with Gasteiger partial charge in [-0.05, 0) is 57.8 Å². The predicted molar refractivity (Wildman–Crippen MR) is 191 cm³/mol. The molecule has 9 heteroatoms. The van der Waals surface area contributed by atoms with Crippen molar-refractivity contribution in [3.8, 4) is 0 Å². The Morgan fingerprint density at radius 3 is 1.89 bits per heavy atom. The number of amides is 1. The Labute approximate surface area is 280 Å². The van der Waals surface area contributed by atoms with E-state index >= 15 is 0 Å². The van der Waals surface area contributed by atoms with Crippen LogP contribution in [0.5, 0.6) is 0 Å². The summed E-state index contributed by atoms with van der Waals surface area (Å²) >= 11 is 0. The highest BCUT2D eigenvalue weighted by Gasteiger charge is 2.22. The van der Waals surface area contributed by atoms with E-state index in [1.165, 1.54) is 19.3 Å². The van der Waals surface area contributed by atoms with Gasteiger partial charge < -0.3 is 28.8 Å². The predicted octanol–water partition coefficient (Wildman–Crippen LogP) is 7.65. The minimum atomic E-state index is -4.61. The number of hydrogen-bond donors (Lipinski definition) is 2. The van der Waals surface area contributed by atoms with Crippen LogP contribution in [-0.2, 0) is 18.4 Å². The van der Waals surface area contributed by atoms with Crippen LogP contribution >= 0.6 is 7.82 Å². The molecule has 0 heterocycles. The van der Waals surface area contributed by atoms with Crippen molar-refractivity contribution in [1.82, 2.24) is 5.32 Å². The molecule has 0 saturated carbocycles. The van der Waals surface area contributed by atoms with Crippen molar-refractivity contribution in [1.29, 1.82) is 0 Å². The number of phosphoric ester groups is 1. The molecule has 8 nitrogen and oxygen atoms in total. The molecule has 0 aromatic rings. The third-order valence-corrected chi connectivity index (χ3v) is 7.58. The fourth-order valence-electron chi connectivity index (χ4n) is 3.88. The molecule has 2 N–H and O–H groups in total. The maximum atomic E-state index is 12.6. The number of nitrogens with zero attached hydrogens (tertiary/aromatic N) is 1. The van der Waals surface area contributed by atoms with E-state index in [-0.39, 0.29) is 18.9 Å². The van der Waals surface area contributed by atoms with Crippen LogP contribution in [0.3, 0.4) is 0 Å². The summed E-state index contributed by atoms with van der Waals surface area (Å²) in [6, 6.07) is -0.958. The van der Waals surface area contributed by atoms with Crippen LogP contribution in [0.1, 0.15) is 90.9 Å². The fraction of sp³-hybridized carbons (Fsp3) is 0.595. The van der Waals surface area contributed by atoms with Crippen molar-refractivity contribution in [2.24, 2.45) is 0 Å². The van der Waals surface area contributed by atoms with E-state index in [4.69, 9.17) is 9.05 Å². The molecule has 0 fully saturated rings. The van der Waals surface area contributed by atoms with Gasteiger partial charge in [-0.15, -0.1) is 0 Å². The summed E-state index contributed by atoms with van der Waals surface area (Å²) in [7, 11) is 1.16. The number of carbonyl (C=O) groups excluding carboxylic acids is 1. The van der Waals surface area contributed by atoms with Gasteiger partial charge in [0.1, 0.15) is 13.2 Å². The second-order valence-electron chi connectivity index (χ2n) is 12.1. The van der Waals surface area contributed by atoms with E-state index in [0.29, 0.717) is 17.4 Å². The molecule has 0 radical (unpaired) electrons. The van der Waals surface area contributed by atoms with Crippen molar-refractivity contribution in [2.45, 2.75) is 103 Å². The summed E-state index contributed by atoms with van der Waals surface area (Å²) in [4.78, 5) is 25.0. The molecule has 46 heavy (non-hydrogen) atoms. The lowest BCUT2D eigenvalue weighted by molar-refractivity contribution is -0.870. The van der Waals surface area contributed by atoms with Gasteiger partial charge in [-0.25, -0.2) is 0 Å². The Morgan fingerprint density at radius 1 is 0.783 bits per heavy atom. The molecule has 0 aliphatic heterocycles. The molecule has 3 atom stereocenters. The second-order valence-corrected chi connectivity index (χ2v) is 13.6. The first-order valence-corrected chi connectivity index (χ1v) is 18.4. The number of likely N-dealkylation sites (N-methyl/N-ethyl adjacent to an activating group) is 1. The Bertz CT molecular complexity index is 1020. The molecular weight excluding hydrogens is 599 g/mol. The van der Waals surface area contributed by atoms with Gasteiger partial charge in [-0.2, -0.15) is 0 Å². The monoisotopic (exact) mass is 662 g/mol. The SMILES string of the molecule is CC/C=C\C/C=C\C/C=C\C/C=C\C/C=C\CC(=O)NC(COP(=O)([O-])OCC[N+](C)(C)C)C(O)/C=C/CC/C=C/CCCCC. The van der Waals surface area contributed by atoms with Crippen molar-refractivity contribution in [3.63, 3.8) is 0 Å². The third-order valence-electron chi connectivity index (χ3n) is 6.62. The van der Waals surface area contributed by atoms with Crippen molar-refractivity contribution in [3.05, 3.63) is 85.1 Å². The first-order chi connectivity index (χ1) is 22.0. The van der Waals surface area contributed by atoms with Crippen molar-refractivity contribution >= 4 is 13.7 Å². The van der Waals surface area contributed by atoms with E-state index in [2.05, 4.69) is 73.8 Å². The van der Waals surface area contributed by atoms with Crippen LogP contribution in [0.4, 0.5) is 0 Å². The molecule has 0 aliphatic carbocycles. The van der Waals surface area contributed by atoms with Gasteiger partial charge >= 0.3 is 0 Å². The molecule has 0 aromatic heterocycles. The summed E-state index contributed by atoms with van der Waals surface area (Å²) in [6.07, 6.45) is 38.1. The number of quaternary nitrogens is 1. The van der Waals surface area contributed by atoms with Crippen LogP contribution in [0.2, 0.25) is 0 Å². The molecule has 3 unspecified atom stereocenters. The zero-order valence-corrected chi connectivity index (χ0v) is 30.1. The van der Waals surface area contributed by atoms with Gasteiger partial charge in [0.05, 0.1) is 39.9 Å². The van der Waals surface area contributed by atoms with Gasteiger partial charge in [0.2, 0.25) is 5.91 Å². The summed E-state index contributed by atoms with van der Waals surface area (Å²) in [6.45, 7) is 4.32. The number of unbranched alkanes of at least 4 members (excludes halogenated alkanes) is 4. The van der Waals surface area contributed by atoms with E-state index in [9.17, 15) is 19.4 Å². The van der Waals surface area contributed by atoms with E-state index < -0.39 is 26.6 Å². The topological polar surface area (TPSA) is 108 Å². The summed E-state index contributed by atoms with van der Waals surface area (Å²) in [5.41, 5.74) is 0. The lowest BCUT2D eigenvalue weighted by Gasteiger charge is -2.29. The lowest BCUT2D eigenvalue weighted by atomic mass is 10.1. The van der Waals surface area contributed by atoms with E-state index in [1.807, 2.05) is 39.4 Å². The minimum absolute atomic E-state index is 0.0280. The largest absolute Gasteiger partial charge is 0.756 e. The highest BCUT2D eigenvalue weighted by Crippen LogP contribution is 2.38. The standard InChI is InChI=1S/C37H63N2O6P/c1-6-8-10-12-14-16-17-18-19-20-21-23-25-27-29-31-37(41)38-35(34-45-46(42,43)44-33-32-39(3,4)5)36(40)30-28-26-24-22-15-13-11-9-7-2/h8,10,14-16,18-19,21-23,27-30,35-36,40H,6-7,9,11-13,17,20,24-26,31-34H2,1-5H3,(H-,38,41,42,43)/b10-8-,16-14-,19-18-,22-15+,23-21-,29-27-,30-28+. The summed E-state index contributed by atoms with van der Waals surface area (Å²) in [5.74, 6) is -0.343. The molecule has 0 aliphatic rings. The molecule has 0 aromatic carbocycles. The maximum Gasteiger partial charge on any atom is 0.268 e. The Hall–Kier alpha value is -2.32. The van der Waals surface area contributed by atoms with Crippen LogP contribution < -0.4 is 10.2 Å². The highest BCUT2D eigenvalue weighted by molar-refractivity contribution is 7.45. The molecule has 1 amide bonds. The van der Waals surface area contributed by atoms with Gasteiger partial charge in [0.15, 0.2) is 0 Å². The smallest absolute Gasteiger partial charge is 0.268 e. The van der Waals surface area contributed by atoms with Crippen molar-refractivity contribution < 1.29 is 32.9 Å². The van der Waals surface area contributed by atoms with Crippen LogP contribution in [-0.4, -0.2) is 68.5 Å². The van der Waals surface area contributed by atoms with Crippen LogP contribution in [0, 0.1) is 0 Å². The number of hydrogen-bond acceptors (Lipinski definition) is 6. The van der Waals surface area contributed by atoms with Gasteiger partial charge in [-0.1, -0.05) is 112 Å². The van der Waals surface area contributed by atoms with E-state index in [0.717, 1.165) is 44.9 Å². The first kappa shape index (κ1) is 43.7. The number of carbonyl (C=O) groups is 1. The van der Waals surface area contributed by atoms with Gasteiger partial charge in [0, 0.05) is 6.42 Å². The average Bonchev–Trinajstić information content (AvgIpc) is 2.99. The number of aliphatic hydroxyl groups excluding tert-OH is 1. The minimum Gasteiger partial charge on any atom is -0.756 e. The second kappa shape index (κ2) is 28.9. The summed E-state index contributed by atoms with van der Waals surface area (Å²) in [5, 5.41) is 13.5. The normalized spacial score (nSPS) is 15.9. The average molecular weight is 663 g/mol. The number of nitrogens with one attached hydrogen (secondary N) is 1. The Kier molecular flexibility index (Phi) is 27.4. The number of aliphatic hydroxyl groups is 1. The molecule has 0 rings (SSSR count). The Morgan fingerprint density at radius 2 is 1.33 bits per heavy atom. The van der Waals surface area contributed by atoms with Crippen LogP contribution in [0.25, 0.3) is 0 Å².